The van der Waals surface area contributed by atoms with E-state index in [1.165, 1.54) is 16.0 Å². The van der Waals surface area contributed by atoms with Crippen LogP contribution in [0, 0.1) is 6.92 Å². The van der Waals surface area contributed by atoms with Crippen molar-refractivity contribution in [1.82, 2.24) is 5.32 Å². The molecule has 0 bridgehead atoms. The van der Waals surface area contributed by atoms with E-state index in [4.69, 9.17) is 11.6 Å². The highest BCUT2D eigenvalue weighted by Crippen LogP contribution is 2.36. The first kappa shape index (κ1) is 16.0. The molecule has 0 saturated heterocycles. The molecule has 0 saturated carbocycles. The number of aryl methyl sites for hydroxylation is 1. The van der Waals surface area contributed by atoms with Gasteiger partial charge in [-0.15, -0.1) is 11.3 Å². The summed E-state index contributed by atoms with van der Waals surface area (Å²) in [5.74, 6) is 0. The zero-order valence-corrected chi connectivity index (χ0v) is 14.9. The van der Waals surface area contributed by atoms with Crippen molar-refractivity contribution in [3.8, 4) is 0 Å². The van der Waals surface area contributed by atoms with Gasteiger partial charge in [-0.3, -0.25) is 0 Å². The first-order valence-electron chi connectivity index (χ1n) is 6.83. The summed E-state index contributed by atoms with van der Waals surface area (Å²) in [7, 11) is 0. The Kier molecular flexibility index (Phi) is 6.09. The van der Waals surface area contributed by atoms with E-state index >= 15 is 0 Å². The molecule has 1 aromatic carbocycles. The molecular formula is C16H19BrClNS. The average Bonchev–Trinajstić information content (AvgIpc) is 2.77. The van der Waals surface area contributed by atoms with Crippen molar-refractivity contribution in [2.45, 2.75) is 32.7 Å². The maximum absolute atomic E-state index is 6.17. The second kappa shape index (κ2) is 7.60. The molecule has 0 spiro atoms. The van der Waals surface area contributed by atoms with Crippen molar-refractivity contribution < 1.29 is 0 Å². The zero-order valence-electron chi connectivity index (χ0n) is 11.7. The Morgan fingerprint density at radius 3 is 2.55 bits per heavy atom. The minimum Gasteiger partial charge on any atom is -0.309 e. The van der Waals surface area contributed by atoms with E-state index in [1.54, 1.807) is 11.3 Å². The lowest BCUT2D eigenvalue weighted by atomic mass is 10.0. The fourth-order valence-electron chi connectivity index (χ4n) is 2.09. The standard InChI is InChI=1S/C16H19BrClNS/c1-3-8-19-14(15-10-13(18)16(17)20-15)9-12-6-4-11(2)5-7-12/h4-7,10,14,19H,3,8-9H2,1-2H3. The van der Waals surface area contributed by atoms with Gasteiger partial charge in [0.2, 0.25) is 0 Å². The number of rotatable bonds is 6. The molecule has 20 heavy (non-hydrogen) atoms. The van der Waals surface area contributed by atoms with E-state index in [-0.39, 0.29) is 0 Å². The SMILES string of the molecule is CCCNC(Cc1ccc(C)cc1)c1cc(Cl)c(Br)s1. The van der Waals surface area contributed by atoms with Crippen LogP contribution in [0.1, 0.15) is 35.4 Å². The second-order valence-electron chi connectivity index (χ2n) is 4.97. The van der Waals surface area contributed by atoms with Gasteiger partial charge >= 0.3 is 0 Å². The van der Waals surface area contributed by atoms with Crippen LogP contribution in [0.15, 0.2) is 34.1 Å². The molecule has 0 aliphatic rings. The highest BCUT2D eigenvalue weighted by atomic mass is 79.9. The van der Waals surface area contributed by atoms with Gasteiger partial charge in [0.05, 0.1) is 8.81 Å². The van der Waals surface area contributed by atoms with Crippen LogP contribution in [0.4, 0.5) is 0 Å². The van der Waals surface area contributed by atoms with Gasteiger partial charge in [0.15, 0.2) is 0 Å². The molecular weight excluding hydrogens is 354 g/mol. The molecule has 0 fully saturated rings. The Balaban J connectivity index is 2.16. The van der Waals surface area contributed by atoms with E-state index in [9.17, 15) is 0 Å². The van der Waals surface area contributed by atoms with E-state index in [0.29, 0.717) is 6.04 Å². The monoisotopic (exact) mass is 371 g/mol. The number of hydrogen-bond acceptors (Lipinski definition) is 2. The van der Waals surface area contributed by atoms with E-state index < -0.39 is 0 Å². The number of thiophene rings is 1. The van der Waals surface area contributed by atoms with Gasteiger partial charge < -0.3 is 5.32 Å². The summed E-state index contributed by atoms with van der Waals surface area (Å²) < 4.78 is 1.02. The summed E-state index contributed by atoms with van der Waals surface area (Å²) in [4.78, 5) is 1.29. The summed E-state index contributed by atoms with van der Waals surface area (Å²) >= 11 is 11.4. The molecule has 2 aromatic rings. The summed E-state index contributed by atoms with van der Waals surface area (Å²) in [5.41, 5.74) is 2.65. The van der Waals surface area contributed by atoms with Crippen molar-refractivity contribution in [2.75, 3.05) is 6.54 Å². The lowest BCUT2D eigenvalue weighted by Crippen LogP contribution is -2.23. The third-order valence-electron chi connectivity index (χ3n) is 3.21. The van der Waals surface area contributed by atoms with Gasteiger partial charge in [-0.25, -0.2) is 0 Å². The van der Waals surface area contributed by atoms with Crippen molar-refractivity contribution in [1.29, 1.82) is 0 Å². The van der Waals surface area contributed by atoms with Crippen LogP contribution in [0.25, 0.3) is 0 Å². The van der Waals surface area contributed by atoms with Crippen LogP contribution in [-0.4, -0.2) is 6.54 Å². The average molecular weight is 373 g/mol. The largest absolute Gasteiger partial charge is 0.309 e. The van der Waals surface area contributed by atoms with Crippen molar-refractivity contribution in [3.63, 3.8) is 0 Å². The van der Waals surface area contributed by atoms with Crippen LogP contribution >= 0.6 is 38.9 Å². The molecule has 1 atom stereocenters. The molecule has 4 heteroatoms. The van der Waals surface area contributed by atoms with Gasteiger partial charge in [0.25, 0.3) is 0 Å². The van der Waals surface area contributed by atoms with Crippen molar-refractivity contribution in [3.05, 3.63) is 55.1 Å². The van der Waals surface area contributed by atoms with E-state index in [1.807, 2.05) is 0 Å². The summed E-state index contributed by atoms with van der Waals surface area (Å²) in [6, 6.07) is 11.2. The lowest BCUT2D eigenvalue weighted by molar-refractivity contribution is 0.536. The molecule has 1 nitrogen and oxygen atoms in total. The first-order valence-corrected chi connectivity index (χ1v) is 8.82. The molecule has 1 heterocycles. The Labute approximate surface area is 138 Å². The predicted molar refractivity (Wildman–Crippen MR) is 92.9 cm³/mol. The normalized spacial score (nSPS) is 12.6. The quantitative estimate of drug-likeness (QED) is 0.680. The van der Waals surface area contributed by atoms with Gasteiger partial charge in [-0.1, -0.05) is 48.4 Å². The zero-order chi connectivity index (χ0) is 14.5. The molecule has 1 N–H and O–H groups in total. The third kappa shape index (κ3) is 4.32. The Bertz CT molecular complexity index is 531. The molecule has 0 aliphatic heterocycles. The van der Waals surface area contributed by atoms with Gasteiger partial charge in [-0.05, 0) is 53.9 Å². The van der Waals surface area contributed by atoms with Crippen LogP contribution in [0.5, 0.6) is 0 Å². The van der Waals surface area contributed by atoms with Crippen LogP contribution in [0.3, 0.4) is 0 Å². The number of benzene rings is 1. The Morgan fingerprint density at radius 2 is 2.00 bits per heavy atom. The minimum absolute atomic E-state index is 0.325. The van der Waals surface area contributed by atoms with Crippen LogP contribution in [0.2, 0.25) is 5.02 Å². The number of hydrogen-bond donors (Lipinski definition) is 1. The Morgan fingerprint density at radius 1 is 1.30 bits per heavy atom. The molecule has 1 unspecified atom stereocenters. The van der Waals surface area contributed by atoms with E-state index in [2.05, 4.69) is 65.4 Å². The smallest absolute Gasteiger partial charge is 0.0887 e. The lowest BCUT2D eigenvalue weighted by Gasteiger charge is -2.17. The maximum Gasteiger partial charge on any atom is 0.0887 e. The summed E-state index contributed by atoms with van der Waals surface area (Å²) in [5, 5.41) is 4.42. The third-order valence-corrected chi connectivity index (χ3v) is 5.80. The topological polar surface area (TPSA) is 12.0 Å². The maximum atomic E-state index is 6.17. The van der Waals surface area contributed by atoms with Gasteiger partial charge in [0.1, 0.15) is 0 Å². The fraction of sp³-hybridized carbons (Fsp3) is 0.375. The van der Waals surface area contributed by atoms with Crippen molar-refractivity contribution >= 4 is 38.9 Å². The highest BCUT2D eigenvalue weighted by Gasteiger charge is 2.16. The fourth-order valence-corrected chi connectivity index (χ4v) is 3.91. The molecule has 1 aromatic heterocycles. The molecule has 2 rings (SSSR count). The molecule has 0 amide bonds. The number of nitrogens with one attached hydrogen (secondary N) is 1. The Hall–Kier alpha value is -0.350. The summed E-state index contributed by atoms with van der Waals surface area (Å²) in [6.07, 6.45) is 2.12. The highest BCUT2D eigenvalue weighted by molar-refractivity contribution is 9.11. The first-order chi connectivity index (χ1) is 9.60. The van der Waals surface area contributed by atoms with Gasteiger partial charge in [0, 0.05) is 10.9 Å². The van der Waals surface area contributed by atoms with E-state index in [0.717, 1.165) is 28.2 Å². The van der Waals surface area contributed by atoms with Crippen LogP contribution in [-0.2, 0) is 6.42 Å². The minimum atomic E-state index is 0.325. The van der Waals surface area contributed by atoms with Crippen molar-refractivity contribution in [2.24, 2.45) is 0 Å². The van der Waals surface area contributed by atoms with Crippen LogP contribution < -0.4 is 5.32 Å². The van der Waals surface area contributed by atoms with Gasteiger partial charge in [-0.2, -0.15) is 0 Å². The second-order valence-corrected chi connectivity index (χ2v) is 7.78. The number of halogens is 2. The molecule has 108 valence electrons. The predicted octanol–water partition coefficient (Wildman–Crippen LogP) is 5.76. The molecule has 0 radical (unpaired) electrons. The summed E-state index contributed by atoms with van der Waals surface area (Å²) in [6.45, 7) is 5.32. The molecule has 0 aliphatic carbocycles.